The molecule has 7 heteroatoms. The van der Waals surface area contributed by atoms with Gasteiger partial charge in [-0.15, -0.1) is 0 Å². The summed E-state index contributed by atoms with van der Waals surface area (Å²) in [6.07, 6.45) is 1.55. The molecule has 0 aliphatic carbocycles. The lowest BCUT2D eigenvalue weighted by molar-refractivity contribution is -0.110. The Morgan fingerprint density at radius 1 is 1.25 bits per heavy atom. The number of fused-ring (bicyclic) bond motifs is 2. The van der Waals surface area contributed by atoms with Crippen molar-refractivity contribution in [3.05, 3.63) is 35.4 Å². The van der Waals surface area contributed by atoms with Gasteiger partial charge >= 0.3 is 6.09 Å². The maximum absolute atomic E-state index is 12.2. The van der Waals surface area contributed by atoms with Crippen LogP contribution in [0.5, 0.6) is 0 Å². The second-order valence-electron chi connectivity index (χ2n) is 8.09. The second kappa shape index (κ2) is 9.07. The molecule has 0 radical (unpaired) electrons. The summed E-state index contributed by atoms with van der Waals surface area (Å²) in [6.45, 7) is 7.70. The van der Waals surface area contributed by atoms with E-state index in [1.165, 1.54) is 0 Å². The first-order chi connectivity index (χ1) is 13.5. The largest absolute Gasteiger partial charge is 0.447 e. The van der Waals surface area contributed by atoms with Crippen LogP contribution in [0.4, 0.5) is 4.79 Å². The first kappa shape index (κ1) is 20.2. The number of hydrogen-bond acceptors (Lipinski definition) is 5. The van der Waals surface area contributed by atoms with Crippen LogP contribution in [0.25, 0.3) is 0 Å². The highest BCUT2D eigenvalue weighted by atomic mass is 16.6. The molecule has 2 heterocycles. The summed E-state index contributed by atoms with van der Waals surface area (Å²) in [5.41, 5.74) is 1.60. The normalized spacial score (nSPS) is 23.0. The molecule has 3 rings (SSSR count). The lowest BCUT2D eigenvalue weighted by Gasteiger charge is -2.46. The summed E-state index contributed by atoms with van der Waals surface area (Å²) < 4.78 is 5.36. The third-order valence-electron chi connectivity index (χ3n) is 5.40. The molecule has 0 aromatic heterocycles. The number of nitrogens with zero attached hydrogens (tertiary/aromatic N) is 3. The van der Waals surface area contributed by atoms with Crippen LogP contribution in [0.1, 0.15) is 37.4 Å². The van der Waals surface area contributed by atoms with E-state index in [0.717, 1.165) is 44.6 Å². The summed E-state index contributed by atoms with van der Waals surface area (Å²) in [4.78, 5) is 27.6. The number of carbonyl (C=O) groups is 2. The summed E-state index contributed by atoms with van der Waals surface area (Å²) in [6, 6.07) is 9.34. The van der Waals surface area contributed by atoms with E-state index in [0.29, 0.717) is 23.9 Å². The Morgan fingerprint density at radius 3 is 2.43 bits per heavy atom. The molecule has 2 amide bonds. The lowest BCUT2D eigenvalue weighted by atomic mass is 9.84. The Kier molecular flexibility index (Phi) is 6.53. The standard InChI is InChI=1S/C21H28N4O3/c1-15(2)28-21(27)25-11-17-7-18(12-25)10-24(9-17)13-20(23-14-26)19-5-3-16(8-22)4-6-19/h3-6,14-15,17-18,20H,7,9-13H2,1-2H3,(H,23,26). The van der Waals surface area contributed by atoms with E-state index in [-0.39, 0.29) is 18.2 Å². The van der Waals surface area contributed by atoms with E-state index in [2.05, 4.69) is 16.3 Å². The first-order valence-corrected chi connectivity index (χ1v) is 9.86. The van der Waals surface area contributed by atoms with Gasteiger partial charge in [0.1, 0.15) is 0 Å². The third-order valence-corrected chi connectivity index (χ3v) is 5.40. The molecule has 3 unspecified atom stereocenters. The predicted octanol–water partition coefficient (Wildman–Crippen LogP) is 2.14. The molecule has 1 aromatic rings. The van der Waals surface area contributed by atoms with E-state index < -0.39 is 0 Å². The molecule has 3 atom stereocenters. The van der Waals surface area contributed by atoms with Crippen LogP contribution in [0.15, 0.2) is 24.3 Å². The van der Waals surface area contributed by atoms with Crippen LogP contribution in [-0.4, -0.2) is 61.1 Å². The Balaban J connectivity index is 1.61. The molecule has 2 aliphatic rings. The van der Waals surface area contributed by atoms with Gasteiger partial charge in [-0.3, -0.25) is 4.79 Å². The molecule has 2 bridgehead atoms. The molecule has 2 aliphatic heterocycles. The van der Waals surface area contributed by atoms with Gasteiger partial charge in [0, 0.05) is 32.7 Å². The minimum absolute atomic E-state index is 0.103. The summed E-state index contributed by atoms with van der Waals surface area (Å²) in [7, 11) is 0. The topological polar surface area (TPSA) is 85.7 Å². The maximum atomic E-state index is 12.2. The van der Waals surface area contributed by atoms with E-state index in [1.807, 2.05) is 30.9 Å². The Labute approximate surface area is 166 Å². The van der Waals surface area contributed by atoms with Gasteiger partial charge in [-0.2, -0.15) is 5.26 Å². The molecule has 28 heavy (non-hydrogen) atoms. The quantitative estimate of drug-likeness (QED) is 0.760. The fourth-order valence-electron chi connectivity index (χ4n) is 4.35. The molecular formula is C21H28N4O3. The average molecular weight is 384 g/mol. The monoisotopic (exact) mass is 384 g/mol. The minimum atomic E-state index is -0.212. The Morgan fingerprint density at radius 2 is 1.89 bits per heavy atom. The SMILES string of the molecule is CC(C)OC(=O)N1CC2CC(CN(CC(NC=O)c3ccc(C#N)cc3)C2)C1. The number of nitriles is 1. The summed E-state index contributed by atoms with van der Waals surface area (Å²) >= 11 is 0. The van der Waals surface area contributed by atoms with Crippen LogP contribution in [0, 0.1) is 23.2 Å². The molecule has 7 nitrogen and oxygen atoms in total. The number of carbonyl (C=O) groups excluding carboxylic acids is 2. The predicted molar refractivity (Wildman–Crippen MR) is 104 cm³/mol. The molecule has 2 saturated heterocycles. The summed E-state index contributed by atoms with van der Waals surface area (Å²) in [5, 5.41) is 11.9. The number of ether oxygens (including phenoxy) is 1. The average Bonchev–Trinajstić information content (AvgIpc) is 2.66. The molecule has 1 N–H and O–H groups in total. The van der Waals surface area contributed by atoms with Crippen molar-refractivity contribution in [2.75, 3.05) is 32.7 Å². The van der Waals surface area contributed by atoms with Gasteiger partial charge in [-0.05, 0) is 49.8 Å². The lowest BCUT2D eigenvalue weighted by Crippen LogP contribution is -2.55. The molecule has 0 saturated carbocycles. The van der Waals surface area contributed by atoms with E-state index >= 15 is 0 Å². The molecule has 150 valence electrons. The van der Waals surface area contributed by atoms with E-state index in [9.17, 15) is 9.59 Å². The van der Waals surface area contributed by atoms with Crippen LogP contribution in [0.3, 0.4) is 0 Å². The van der Waals surface area contributed by atoms with Gasteiger partial charge in [0.2, 0.25) is 6.41 Å². The van der Waals surface area contributed by atoms with E-state index in [4.69, 9.17) is 10.00 Å². The highest BCUT2D eigenvalue weighted by Crippen LogP contribution is 2.30. The highest BCUT2D eigenvalue weighted by Gasteiger charge is 2.37. The van der Waals surface area contributed by atoms with Gasteiger partial charge in [-0.1, -0.05) is 12.1 Å². The van der Waals surface area contributed by atoms with Crippen LogP contribution in [0.2, 0.25) is 0 Å². The van der Waals surface area contributed by atoms with Crippen molar-refractivity contribution in [3.8, 4) is 6.07 Å². The fourth-order valence-corrected chi connectivity index (χ4v) is 4.35. The minimum Gasteiger partial charge on any atom is -0.447 e. The molecular weight excluding hydrogens is 356 g/mol. The Hall–Kier alpha value is -2.59. The van der Waals surface area contributed by atoms with Crippen molar-refractivity contribution >= 4 is 12.5 Å². The first-order valence-electron chi connectivity index (χ1n) is 9.86. The number of nitrogens with one attached hydrogen (secondary N) is 1. The van der Waals surface area contributed by atoms with Crippen molar-refractivity contribution < 1.29 is 14.3 Å². The zero-order valence-electron chi connectivity index (χ0n) is 16.5. The number of amides is 2. The van der Waals surface area contributed by atoms with Gasteiger partial charge in [0.25, 0.3) is 0 Å². The number of rotatable bonds is 6. The van der Waals surface area contributed by atoms with Crippen molar-refractivity contribution in [1.29, 1.82) is 5.26 Å². The van der Waals surface area contributed by atoms with Crippen LogP contribution >= 0.6 is 0 Å². The number of hydrogen-bond donors (Lipinski definition) is 1. The van der Waals surface area contributed by atoms with Gasteiger partial charge in [0.15, 0.2) is 0 Å². The van der Waals surface area contributed by atoms with Gasteiger partial charge in [0.05, 0.1) is 23.8 Å². The fraction of sp³-hybridized carbons (Fsp3) is 0.571. The van der Waals surface area contributed by atoms with Crippen LogP contribution < -0.4 is 5.32 Å². The van der Waals surface area contributed by atoms with Gasteiger partial charge < -0.3 is 19.9 Å². The zero-order valence-corrected chi connectivity index (χ0v) is 16.5. The zero-order chi connectivity index (χ0) is 20.1. The van der Waals surface area contributed by atoms with Crippen molar-refractivity contribution in [3.63, 3.8) is 0 Å². The Bertz CT molecular complexity index is 714. The van der Waals surface area contributed by atoms with Crippen molar-refractivity contribution in [2.24, 2.45) is 11.8 Å². The maximum Gasteiger partial charge on any atom is 0.410 e. The molecule has 1 aromatic carbocycles. The second-order valence-corrected chi connectivity index (χ2v) is 8.09. The van der Waals surface area contributed by atoms with Crippen molar-refractivity contribution in [1.82, 2.24) is 15.1 Å². The summed E-state index contributed by atoms with van der Waals surface area (Å²) in [5.74, 6) is 0.843. The smallest absolute Gasteiger partial charge is 0.410 e. The number of piperidine rings is 2. The molecule has 0 spiro atoms. The molecule has 2 fully saturated rings. The number of likely N-dealkylation sites (tertiary alicyclic amines) is 2. The highest BCUT2D eigenvalue weighted by molar-refractivity contribution is 5.68. The third kappa shape index (κ3) is 5.02. The van der Waals surface area contributed by atoms with Gasteiger partial charge in [-0.25, -0.2) is 4.79 Å². The van der Waals surface area contributed by atoms with E-state index in [1.54, 1.807) is 12.1 Å². The van der Waals surface area contributed by atoms with Crippen LogP contribution in [-0.2, 0) is 9.53 Å². The number of benzene rings is 1. The van der Waals surface area contributed by atoms with Crippen molar-refractivity contribution in [2.45, 2.75) is 32.4 Å².